The highest BCUT2D eigenvalue weighted by Crippen LogP contribution is 2.26. The van der Waals surface area contributed by atoms with Gasteiger partial charge in [0.2, 0.25) is 11.8 Å². The van der Waals surface area contributed by atoms with Gasteiger partial charge in [0.25, 0.3) is 0 Å². The molecule has 0 bridgehead atoms. The molecule has 8 heteroatoms. The number of thioether (sulfide) groups is 1. The zero-order valence-corrected chi connectivity index (χ0v) is 18.6. The molecule has 2 aliphatic heterocycles. The number of fused-ring (bicyclic) bond motifs is 1. The number of carbonyl (C=O) groups is 3. The van der Waals surface area contributed by atoms with Crippen LogP contribution in [-0.2, 0) is 32.1 Å². The van der Waals surface area contributed by atoms with Gasteiger partial charge in [-0.1, -0.05) is 24.3 Å². The van der Waals surface area contributed by atoms with Gasteiger partial charge < -0.3 is 15.0 Å². The van der Waals surface area contributed by atoms with Crippen molar-refractivity contribution in [2.75, 3.05) is 38.2 Å². The molecule has 0 unspecified atom stereocenters. The van der Waals surface area contributed by atoms with Gasteiger partial charge in [0.1, 0.15) is 6.04 Å². The SMILES string of the molecule is COC(=O)[C@@H]1Cc2ccccc2CN1C(=O)CN(CCNC(C)=O)C1CCSCC1. The van der Waals surface area contributed by atoms with Crippen molar-refractivity contribution in [1.82, 2.24) is 15.1 Å². The Morgan fingerprint density at radius 3 is 2.57 bits per heavy atom. The lowest BCUT2D eigenvalue weighted by Crippen LogP contribution is -2.54. The summed E-state index contributed by atoms with van der Waals surface area (Å²) < 4.78 is 5.00. The predicted octanol–water partition coefficient (Wildman–Crippen LogP) is 1.45. The summed E-state index contributed by atoms with van der Waals surface area (Å²) in [5, 5.41) is 2.83. The van der Waals surface area contributed by atoms with Crippen LogP contribution in [0.2, 0.25) is 0 Å². The maximum Gasteiger partial charge on any atom is 0.328 e. The van der Waals surface area contributed by atoms with Gasteiger partial charge in [0.05, 0.1) is 13.7 Å². The topological polar surface area (TPSA) is 79.0 Å². The summed E-state index contributed by atoms with van der Waals surface area (Å²) in [7, 11) is 1.37. The lowest BCUT2D eigenvalue weighted by Gasteiger charge is -2.39. The van der Waals surface area contributed by atoms with Gasteiger partial charge in [-0.2, -0.15) is 11.8 Å². The van der Waals surface area contributed by atoms with Gasteiger partial charge in [-0.15, -0.1) is 0 Å². The molecule has 1 aromatic carbocycles. The Morgan fingerprint density at radius 2 is 1.90 bits per heavy atom. The van der Waals surface area contributed by atoms with E-state index in [0.29, 0.717) is 32.1 Å². The summed E-state index contributed by atoms with van der Waals surface area (Å²) in [6.45, 7) is 3.28. The van der Waals surface area contributed by atoms with Crippen molar-refractivity contribution in [1.29, 1.82) is 0 Å². The quantitative estimate of drug-likeness (QED) is 0.656. The zero-order valence-electron chi connectivity index (χ0n) is 17.8. The number of hydrogen-bond acceptors (Lipinski definition) is 6. The van der Waals surface area contributed by atoms with Gasteiger partial charge in [-0.3, -0.25) is 14.5 Å². The summed E-state index contributed by atoms with van der Waals surface area (Å²) in [6.07, 6.45) is 2.53. The van der Waals surface area contributed by atoms with E-state index >= 15 is 0 Å². The molecule has 0 radical (unpaired) electrons. The normalized spacial score (nSPS) is 19.3. The highest BCUT2D eigenvalue weighted by atomic mass is 32.2. The molecule has 7 nitrogen and oxygen atoms in total. The fraction of sp³-hybridized carbons (Fsp3) is 0.591. The molecule has 30 heavy (non-hydrogen) atoms. The lowest BCUT2D eigenvalue weighted by atomic mass is 9.93. The Kier molecular flexibility index (Phi) is 8.16. The number of nitrogens with one attached hydrogen (secondary N) is 1. The molecule has 0 aromatic heterocycles. The third-order valence-corrected chi connectivity index (χ3v) is 6.91. The second-order valence-corrected chi connectivity index (χ2v) is 9.06. The molecule has 1 N–H and O–H groups in total. The summed E-state index contributed by atoms with van der Waals surface area (Å²) >= 11 is 1.94. The second kappa shape index (κ2) is 10.8. The number of amides is 2. The minimum Gasteiger partial charge on any atom is -0.467 e. The number of rotatable bonds is 7. The van der Waals surface area contributed by atoms with E-state index in [1.54, 1.807) is 4.90 Å². The van der Waals surface area contributed by atoms with Gasteiger partial charge in [0.15, 0.2) is 0 Å². The molecule has 3 rings (SSSR count). The summed E-state index contributed by atoms with van der Waals surface area (Å²) in [5.74, 6) is 1.64. The number of hydrogen-bond donors (Lipinski definition) is 1. The maximum absolute atomic E-state index is 13.4. The van der Waals surface area contributed by atoms with Crippen molar-refractivity contribution in [2.24, 2.45) is 0 Å². The Morgan fingerprint density at radius 1 is 1.20 bits per heavy atom. The van der Waals surface area contributed by atoms with E-state index in [1.165, 1.54) is 14.0 Å². The third kappa shape index (κ3) is 5.76. The number of methoxy groups -OCH3 is 1. The minimum atomic E-state index is -0.600. The van der Waals surface area contributed by atoms with Crippen molar-refractivity contribution in [3.63, 3.8) is 0 Å². The maximum atomic E-state index is 13.4. The van der Waals surface area contributed by atoms with Crippen LogP contribution in [0.5, 0.6) is 0 Å². The van der Waals surface area contributed by atoms with E-state index in [9.17, 15) is 14.4 Å². The van der Waals surface area contributed by atoms with Gasteiger partial charge in [0, 0.05) is 39.0 Å². The largest absolute Gasteiger partial charge is 0.467 e. The fourth-order valence-electron chi connectivity index (χ4n) is 4.21. The molecule has 2 heterocycles. The van der Waals surface area contributed by atoms with E-state index in [2.05, 4.69) is 10.2 Å². The molecule has 0 saturated carbocycles. The van der Waals surface area contributed by atoms with Gasteiger partial charge in [-0.05, 0) is 35.5 Å². The van der Waals surface area contributed by atoms with Crippen LogP contribution >= 0.6 is 11.8 Å². The smallest absolute Gasteiger partial charge is 0.328 e. The van der Waals surface area contributed by atoms with E-state index in [-0.39, 0.29) is 24.3 Å². The van der Waals surface area contributed by atoms with E-state index in [4.69, 9.17) is 4.74 Å². The van der Waals surface area contributed by atoms with Crippen molar-refractivity contribution in [3.05, 3.63) is 35.4 Å². The molecule has 2 aliphatic rings. The van der Waals surface area contributed by atoms with Crippen LogP contribution < -0.4 is 5.32 Å². The Hall–Kier alpha value is -2.06. The summed E-state index contributed by atoms with van der Waals surface area (Å²) in [4.78, 5) is 40.9. The Bertz CT molecular complexity index is 767. The predicted molar refractivity (Wildman–Crippen MR) is 117 cm³/mol. The van der Waals surface area contributed by atoms with Crippen molar-refractivity contribution >= 4 is 29.5 Å². The highest BCUT2D eigenvalue weighted by molar-refractivity contribution is 7.99. The Balaban J connectivity index is 1.74. The number of ether oxygens (including phenoxy) is 1. The summed E-state index contributed by atoms with van der Waals surface area (Å²) in [5.41, 5.74) is 2.16. The van der Waals surface area contributed by atoms with Gasteiger partial charge in [-0.25, -0.2) is 4.79 Å². The van der Waals surface area contributed by atoms with Gasteiger partial charge >= 0.3 is 5.97 Å². The van der Waals surface area contributed by atoms with Crippen molar-refractivity contribution < 1.29 is 19.1 Å². The fourth-order valence-corrected chi connectivity index (χ4v) is 5.29. The van der Waals surface area contributed by atoms with Crippen LogP contribution in [0.3, 0.4) is 0 Å². The van der Waals surface area contributed by atoms with E-state index in [1.807, 2.05) is 36.0 Å². The molecular formula is C22H31N3O4S. The molecule has 1 fully saturated rings. The monoisotopic (exact) mass is 433 g/mol. The van der Waals surface area contributed by atoms with Crippen LogP contribution in [0.15, 0.2) is 24.3 Å². The molecule has 2 amide bonds. The molecule has 0 aliphatic carbocycles. The Labute approximate surface area is 182 Å². The molecule has 164 valence electrons. The average Bonchev–Trinajstić information content (AvgIpc) is 2.77. The number of nitrogens with zero attached hydrogens (tertiary/aromatic N) is 2. The van der Waals surface area contributed by atoms with Crippen LogP contribution in [0.25, 0.3) is 0 Å². The van der Waals surface area contributed by atoms with E-state index in [0.717, 1.165) is 35.5 Å². The number of benzene rings is 1. The van der Waals surface area contributed by atoms with Crippen molar-refractivity contribution in [2.45, 2.75) is 44.8 Å². The molecule has 1 atom stereocenters. The lowest BCUT2D eigenvalue weighted by molar-refractivity contribution is -0.154. The van der Waals surface area contributed by atoms with Crippen molar-refractivity contribution in [3.8, 4) is 0 Å². The molecule has 1 aromatic rings. The first-order valence-electron chi connectivity index (χ1n) is 10.5. The molecule has 0 spiro atoms. The number of carbonyl (C=O) groups excluding carboxylic acids is 3. The third-order valence-electron chi connectivity index (χ3n) is 5.86. The van der Waals surface area contributed by atoms with Crippen LogP contribution in [-0.4, -0.2) is 77.9 Å². The summed E-state index contributed by atoms with van der Waals surface area (Å²) in [6, 6.07) is 7.64. The van der Waals surface area contributed by atoms with Crippen LogP contribution in [0.1, 0.15) is 30.9 Å². The second-order valence-electron chi connectivity index (χ2n) is 7.83. The first-order valence-corrected chi connectivity index (χ1v) is 11.7. The average molecular weight is 434 g/mol. The minimum absolute atomic E-state index is 0.0686. The molecular weight excluding hydrogens is 402 g/mol. The number of esters is 1. The van der Waals surface area contributed by atoms with Crippen LogP contribution in [0.4, 0.5) is 0 Å². The first-order chi connectivity index (χ1) is 14.5. The van der Waals surface area contributed by atoms with E-state index < -0.39 is 6.04 Å². The van der Waals surface area contributed by atoms with Crippen LogP contribution in [0, 0.1) is 0 Å². The molecule has 1 saturated heterocycles. The standard InChI is InChI=1S/C22H31N3O4S/c1-16(26)23-9-10-24(19-7-11-30-12-8-19)15-21(27)25-14-18-6-4-3-5-17(18)13-20(25)22(28)29-2/h3-6,19-20H,7-15H2,1-2H3,(H,23,26)/t20-/m0/s1. The highest BCUT2D eigenvalue weighted by Gasteiger charge is 2.36. The first kappa shape index (κ1) is 22.6. The zero-order chi connectivity index (χ0) is 21.5.